The minimum Gasteiger partial charge on any atom is -0.411 e. The van der Waals surface area contributed by atoms with Crippen molar-refractivity contribution in [2.24, 2.45) is 0 Å². The number of amides is 1. The lowest BCUT2D eigenvalue weighted by Gasteiger charge is -2.15. The molecule has 0 fully saturated rings. The highest BCUT2D eigenvalue weighted by Gasteiger charge is 2.20. The molecule has 2 aromatic rings. The van der Waals surface area contributed by atoms with Gasteiger partial charge >= 0.3 is 0 Å². The van der Waals surface area contributed by atoms with Crippen molar-refractivity contribution in [1.29, 1.82) is 0 Å². The molecule has 0 aliphatic heterocycles. The zero-order valence-electron chi connectivity index (χ0n) is 14.9. The summed E-state index contributed by atoms with van der Waals surface area (Å²) in [5.74, 6) is 0.475. The fourth-order valence-corrected chi connectivity index (χ4v) is 3.23. The number of benzene rings is 1. The monoisotopic (exact) mass is 347 g/mol. The highest BCUT2D eigenvalue weighted by atomic mass is 32.2. The van der Waals surface area contributed by atoms with E-state index in [1.807, 2.05) is 39.8 Å². The van der Waals surface area contributed by atoms with Crippen molar-refractivity contribution in [3.63, 3.8) is 0 Å². The first kappa shape index (κ1) is 18.5. The third-order valence-corrected chi connectivity index (χ3v) is 4.57. The summed E-state index contributed by atoms with van der Waals surface area (Å²) < 4.78 is 5.71. The minimum absolute atomic E-state index is 0.00731. The van der Waals surface area contributed by atoms with Crippen molar-refractivity contribution in [3.8, 4) is 11.5 Å². The summed E-state index contributed by atoms with van der Waals surface area (Å²) in [5.41, 5.74) is 3.20. The summed E-state index contributed by atoms with van der Waals surface area (Å²) in [4.78, 5) is 12.2. The maximum atomic E-state index is 12.2. The van der Waals surface area contributed by atoms with E-state index in [1.165, 1.54) is 11.8 Å². The second-order valence-corrected chi connectivity index (χ2v) is 7.50. The van der Waals surface area contributed by atoms with Gasteiger partial charge in [0.05, 0.1) is 5.25 Å². The first-order chi connectivity index (χ1) is 11.4. The Labute approximate surface area is 147 Å². The number of rotatable bonds is 7. The molecule has 5 nitrogen and oxygen atoms in total. The first-order valence-corrected chi connectivity index (χ1v) is 9.16. The Bertz CT molecular complexity index is 679. The van der Waals surface area contributed by atoms with Gasteiger partial charge in [-0.3, -0.25) is 4.79 Å². The van der Waals surface area contributed by atoms with Gasteiger partial charge in [0.1, 0.15) is 0 Å². The molecule has 0 bridgehead atoms. The fraction of sp³-hybridized carbons (Fsp3) is 0.500. The summed E-state index contributed by atoms with van der Waals surface area (Å²) in [6.07, 6.45) is 2.02. The van der Waals surface area contributed by atoms with Crippen molar-refractivity contribution in [2.75, 3.05) is 0 Å². The van der Waals surface area contributed by atoms with Crippen LogP contribution in [0.5, 0.6) is 0 Å². The summed E-state index contributed by atoms with van der Waals surface area (Å²) >= 11 is 1.28. The normalized spacial score (nSPS) is 13.5. The number of nitrogens with zero attached hydrogens (tertiary/aromatic N) is 2. The molecule has 2 unspecified atom stereocenters. The molecule has 0 aliphatic carbocycles. The quantitative estimate of drug-likeness (QED) is 0.762. The Morgan fingerprint density at radius 3 is 2.50 bits per heavy atom. The molecule has 0 radical (unpaired) electrons. The molecule has 0 spiro atoms. The van der Waals surface area contributed by atoms with E-state index in [-0.39, 0.29) is 17.2 Å². The molecule has 6 heteroatoms. The van der Waals surface area contributed by atoms with Gasteiger partial charge in [-0.15, -0.1) is 10.2 Å². The number of carbonyl (C=O) groups is 1. The van der Waals surface area contributed by atoms with Crippen molar-refractivity contribution in [2.45, 2.75) is 64.0 Å². The zero-order valence-corrected chi connectivity index (χ0v) is 15.7. The van der Waals surface area contributed by atoms with Gasteiger partial charge in [-0.1, -0.05) is 42.3 Å². The van der Waals surface area contributed by atoms with E-state index >= 15 is 0 Å². The van der Waals surface area contributed by atoms with Gasteiger partial charge in [0.15, 0.2) is 0 Å². The number of nitrogens with one attached hydrogen (secondary N) is 1. The number of aryl methyl sites for hydroxylation is 2. The van der Waals surface area contributed by atoms with E-state index in [9.17, 15) is 4.79 Å². The van der Waals surface area contributed by atoms with Gasteiger partial charge < -0.3 is 9.73 Å². The maximum absolute atomic E-state index is 12.2. The molecule has 1 amide bonds. The SMILES string of the molecule is CCCC(C)NC(=O)C(C)Sc1nnc(-c2cc(C)cc(C)c2)o1. The second kappa shape index (κ2) is 8.33. The predicted molar refractivity (Wildman–Crippen MR) is 97.0 cm³/mol. The van der Waals surface area contributed by atoms with E-state index in [2.05, 4.69) is 28.5 Å². The Balaban J connectivity index is 2.01. The Morgan fingerprint density at radius 1 is 1.21 bits per heavy atom. The van der Waals surface area contributed by atoms with Crippen LogP contribution in [0.2, 0.25) is 0 Å². The van der Waals surface area contributed by atoms with E-state index < -0.39 is 0 Å². The Morgan fingerprint density at radius 2 is 1.88 bits per heavy atom. The van der Waals surface area contributed by atoms with Crippen LogP contribution in [-0.4, -0.2) is 27.4 Å². The second-order valence-electron chi connectivity index (χ2n) is 6.21. The van der Waals surface area contributed by atoms with Gasteiger partial charge in [0.2, 0.25) is 11.8 Å². The smallest absolute Gasteiger partial charge is 0.277 e. The molecular formula is C18H25N3O2S. The summed E-state index contributed by atoms with van der Waals surface area (Å²) in [6.45, 7) is 10.0. The standard InChI is InChI=1S/C18H25N3O2S/c1-6-7-13(4)19-16(22)14(5)24-18-21-20-17(23-18)15-9-11(2)8-12(3)10-15/h8-10,13-14H,6-7H2,1-5H3,(H,19,22). The van der Waals surface area contributed by atoms with Crippen LogP contribution in [0.15, 0.2) is 27.8 Å². The van der Waals surface area contributed by atoms with E-state index in [4.69, 9.17) is 4.42 Å². The number of hydrogen-bond donors (Lipinski definition) is 1. The summed E-state index contributed by atoms with van der Waals surface area (Å²) in [7, 11) is 0. The molecule has 0 saturated heterocycles. The molecule has 130 valence electrons. The van der Waals surface area contributed by atoms with Gasteiger partial charge in [0.25, 0.3) is 5.22 Å². The van der Waals surface area contributed by atoms with Gasteiger partial charge in [0, 0.05) is 11.6 Å². The van der Waals surface area contributed by atoms with Gasteiger partial charge in [-0.2, -0.15) is 0 Å². The molecule has 2 atom stereocenters. The first-order valence-electron chi connectivity index (χ1n) is 8.28. The number of hydrogen-bond acceptors (Lipinski definition) is 5. The van der Waals surface area contributed by atoms with Crippen LogP contribution < -0.4 is 5.32 Å². The Kier molecular flexibility index (Phi) is 6.43. The summed E-state index contributed by atoms with van der Waals surface area (Å²) in [6, 6.07) is 6.30. The third kappa shape index (κ3) is 5.09. The largest absolute Gasteiger partial charge is 0.411 e. The van der Waals surface area contributed by atoms with Gasteiger partial charge in [-0.25, -0.2) is 0 Å². The van der Waals surface area contributed by atoms with E-state index in [0.717, 1.165) is 29.5 Å². The lowest BCUT2D eigenvalue weighted by Crippen LogP contribution is -2.37. The fourth-order valence-electron chi connectivity index (χ4n) is 2.54. The van der Waals surface area contributed by atoms with E-state index in [0.29, 0.717) is 11.1 Å². The third-order valence-electron chi connectivity index (χ3n) is 3.63. The number of thioether (sulfide) groups is 1. The highest BCUT2D eigenvalue weighted by Crippen LogP contribution is 2.27. The van der Waals surface area contributed by atoms with E-state index in [1.54, 1.807) is 0 Å². The van der Waals surface area contributed by atoms with Crippen LogP contribution >= 0.6 is 11.8 Å². The average molecular weight is 347 g/mol. The van der Waals surface area contributed by atoms with Crippen molar-refractivity contribution < 1.29 is 9.21 Å². The van der Waals surface area contributed by atoms with Gasteiger partial charge in [-0.05, 0) is 46.2 Å². The topological polar surface area (TPSA) is 68.0 Å². The lowest BCUT2D eigenvalue weighted by atomic mass is 10.1. The number of aromatic nitrogens is 2. The van der Waals surface area contributed by atoms with Crippen LogP contribution in [0, 0.1) is 13.8 Å². The van der Waals surface area contributed by atoms with Crippen LogP contribution in [0.4, 0.5) is 0 Å². The van der Waals surface area contributed by atoms with Crippen molar-refractivity contribution in [1.82, 2.24) is 15.5 Å². The molecule has 1 N–H and O–H groups in total. The lowest BCUT2D eigenvalue weighted by molar-refractivity contribution is -0.120. The van der Waals surface area contributed by atoms with Crippen LogP contribution in [0.3, 0.4) is 0 Å². The van der Waals surface area contributed by atoms with Crippen LogP contribution in [0.1, 0.15) is 44.7 Å². The maximum Gasteiger partial charge on any atom is 0.277 e. The highest BCUT2D eigenvalue weighted by molar-refractivity contribution is 8.00. The molecule has 1 aromatic heterocycles. The van der Waals surface area contributed by atoms with Crippen LogP contribution in [0.25, 0.3) is 11.5 Å². The number of carbonyl (C=O) groups excluding carboxylic acids is 1. The molecular weight excluding hydrogens is 322 g/mol. The Hall–Kier alpha value is -1.82. The average Bonchev–Trinajstić information content (AvgIpc) is 2.95. The minimum atomic E-state index is -0.281. The molecule has 1 aromatic carbocycles. The molecule has 1 heterocycles. The molecule has 0 aliphatic rings. The van der Waals surface area contributed by atoms with Crippen LogP contribution in [-0.2, 0) is 4.79 Å². The molecule has 24 heavy (non-hydrogen) atoms. The zero-order chi connectivity index (χ0) is 17.7. The molecule has 2 rings (SSSR count). The molecule has 0 saturated carbocycles. The summed E-state index contributed by atoms with van der Waals surface area (Å²) in [5, 5.41) is 11.3. The van der Waals surface area contributed by atoms with Crippen molar-refractivity contribution >= 4 is 17.7 Å². The predicted octanol–water partition coefficient (Wildman–Crippen LogP) is 4.14. The van der Waals surface area contributed by atoms with Crippen molar-refractivity contribution in [3.05, 3.63) is 29.3 Å².